The third-order valence-corrected chi connectivity index (χ3v) is 3.25. The Labute approximate surface area is 113 Å². The van der Waals surface area contributed by atoms with E-state index in [0.717, 1.165) is 13.0 Å². The van der Waals surface area contributed by atoms with Crippen LogP contribution < -0.4 is 9.47 Å². The summed E-state index contributed by atoms with van der Waals surface area (Å²) < 4.78 is 15.9. The number of benzene rings is 1. The number of para-hydroxylation sites is 2. The van der Waals surface area contributed by atoms with E-state index in [2.05, 4.69) is 0 Å². The van der Waals surface area contributed by atoms with Gasteiger partial charge in [-0.2, -0.15) is 0 Å². The van der Waals surface area contributed by atoms with E-state index in [0.29, 0.717) is 18.0 Å². The van der Waals surface area contributed by atoms with Crippen LogP contribution in [0.4, 0.5) is 0 Å². The molecule has 0 saturated carbocycles. The normalized spacial score (nSPS) is 18.4. The monoisotopic (exact) mass is 265 g/mol. The van der Waals surface area contributed by atoms with Crippen molar-refractivity contribution in [3.8, 4) is 11.5 Å². The molecule has 0 spiro atoms. The number of hydrogen-bond acceptors (Lipinski definition) is 4. The summed E-state index contributed by atoms with van der Waals surface area (Å²) in [5, 5.41) is 0. The van der Waals surface area contributed by atoms with Gasteiger partial charge >= 0.3 is 0 Å². The molecule has 19 heavy (non-hydrogen) atoms. The smallest absolute Gasteiger partial charge is 0.260 e. The van der Waals surface area contributed by atoms with Gasteiger partial charge in [0.05, 0.1) is 13.2 Å². The second kappa shape index (κ2) is 6.43. The van der Waals surface area contributed by atoms with Gasteiger partial charge in [0.15, 0.2) is 18.1 Å². The second-order valence-electron chi connectivity index (χ2n) is 4.43. The number of carbonyl (C=O) groups is 1. The lowest BCUT2D eigenvalue weighted by atomic mass is 10.3. The standard InChI is InChI=1S/C14H19NO4/c1-17-11-7-8-15(9-11)14(16)10-19-13-6-4-3-5-12(13)18-2/h3-6,11H,7-10H2,1-2H3. The molecular weight excluding hydrogens is 246 g/mol. The first-order valence-corrected chi connectivity index (χ1v) is 6.31. The number of methoxy groups -OCH3 is 2. The van der Waals surface area contributed by atoms with Crippen molar-refractivity contribution < 1.29 is 19.0 Å². The van der Waals surface area contributed by atoms with Crippen LogP contribution in [-0.2, 0) is 9.53 Å². The summed E-state index contributed by atoms with van der Waals surface area (Å²) in [5.74, 6) is 1.19. The maximum atomic E-state index is 12.0. The van der Waals surface area contributed by atoms with Gasteiger partial charge in [-0.15, -0.1) is 0 Å². The highest BCUT2D eigenvalue weighted by atomic mass is 16.5. The molecule has 1 saturated heterocycles. The fraction of sp³-hybridized carbons (Fsp3) is 0.500. The van der Waals surface area contributed by atoms with Gasteiger partial charge in [0, 0.05) is 20.2 Å². The molecule has 104 valence electrons. The van der Waals surface area contributed by atoms with Gasteiger partial charge in [-0.25, -0.2) is 0 Å². The molecule has 1 amide bonds. The predicted octanol–water partition coefficient (Wildman–Crippen LogP) is 1.32. The minimum atomic E-state index is -0.0227. The Bertz CT molecular complexity index is 435. The topological polar surface area (TPSA) is 48.0 Å². The average Bonchev–Trinajstić information content (AvgIpc) is 2.94. The second-order valence-corrected chi connectivity index (χ2v) is 4.43. The van der Waals surface area contributed by atoms with Gasteiger partial charge < -0.3 is 19.1 Å². The van der Waals surface area contributed by atoms with Crippen molar-refractivity contribution in [1.29, 1.82) is 0 Å². The zero-order valence-electron chi connectivity index (χ0n) is 11.3. The third-order valence-electron chi connectivity index (χ3n) is 3.25. The maximum Gasteiger partial charge on any atom is 0.260 e. The van der Waals surface area contributed by atoms with E-state index < -0.39 is 0 Å². The van der Waals surface area contributed by atoms with Gasteiger partial charge in [-0.3, -0.25) is 4.79 Å². The van der Waals surface area contributed by atoms with Crippen LogP contribution in [0.2, 0.25) is 0 Å². The Morgan fingerprint density at radius 1 is 1.32 bits per heavy atom. The van der Waals surface area contributed by atoms with E-state index >= 15 is 0 Å². The quantitative estimate of drug-likeness (QED) is 0.805. The lowest BCUT2D eigenvalue weighted by Gasteiger charge is -2.17. The van der Waals surface area contributed by atoms with Crippen molar-refractivity contribution in [2.75, 3.05) is 33.9 Å². The molecule has 1 atom stereocenters. The number of likely N-dealkylation sites (tertiary alicyclic amines) is 1. The van der Waals surface area contributed by atoms with Crippen LogP contribution in [0.1, 0.15) is 6.42 Å². The molecule has 0 bridgehead atoms. The molecule has 0 aliphatic carbocycles. The number of hydrogen-bond donors (Lipinski definition) is 0. The van der Waals surface area contributed by atoms with E-state index in [1.165, 1.54) is 0 Å². The SMILES string of the molecule is COc1ccccc1OCC(=O)N1CCC(OC)C1. The fourth-order valence-electron chi connectivity index (χ4n) is 2.12. The summed E-state index contributed by atoms with van der Waals surface area (Å²) in [5.41, 5.74) is 0. The summed E-state index contributed by atoms with van der Waals surface area (Å²) in [6.45, 7) is 1.40. The minimum absolute atomic E-state index is 0.0227. The summed E-state index contributed by atoms with van der Waals surface area (Å²) in [4.78, 5) is 13.8. The zero-order valence-corrected chi connectivity index (χ0v) is 11.3. The van der Waals surface area contributed by atoms with E-state index in [4.69, 9.17) is 14.2 Å². The molecule has 1 aromatic rings. The molecule has 0 radical (unpaired) electrons. The molecule has 0 aromatic heterocycles. The molecule has 1 aliphatic rings. The Kier molecular flexibility index (Phi) is 4.63. The Morgan fingerprint density at radius 2 is 2.05 bits per heavy atom. The van der Waals surface area contributed by atoms with Gasteiger partial charge in [0.2, 0.25) is 0 Å². The first-order valence-electron chi connectivity index (χ1n) is 6.31. The minimum Gasteiger partial charge on any atom is -0.493 e. The highest BCUT2D eigenvalue weighted by Crippen LogP contribution is 2.25. The van der Waals surface area contributed by atoms with Gasteiger partial charge in [0.25, 0.3) is 5.91 Å². The number of carbonyl (C=O) groups excluding carboxylic acids is 1. The number of amides is 1. The Hall–Kier alpha value is -1.75. The van der Waals surface area contributed by atoms with Crippen molar-refractivity contribution in [3.05, 3.63) is 24.3 Å². The number of ether oxygens (including phenoxy) is 3. The molecule has 0 N–H and O–H groups in total. The molecule has 1 fully saturated rings. The Morgan fingerprint density at radius 3 is 2.68 bits per heavy atom. The molecule has 1 unspecified atom stereocenters. The van der Waals surface area contributed by atoms with Crippen LogP contribution in [0.15, 0.2) is 24.3 Å². The van der Waals surface area contributed by atoms with E-state index in [1.54, 1.807) is 31.3 Å². The van der Waals surface area contributed by atoms with Crippen LogP contribution in [0.25, 0.3) is 0 Å². The van der Waals surface area contributed by atoms with Crippen LogP contribution in [-0.4, -0.2) is 50.8 Å². The first-order chi connectivity index (χ1) is 9.24. The van der Waals surface area contributed by atoms with Crippen molar-refractivity contribution in [1.82, 2.24) is 4.90 Å². The maximum absolute atomic E-state index is 12.0. The third kappa shape index (κ3) is 3.38. The van der Waals surface area contributed by atoms with E-state index in [9.17, 15) is 4.79 Å². The van der Waals surface area contributed by atoms with Crippen LogP contribution in [0.3, 0.4) is 0 Å². The van der Waals surface area contributed by atoms with E-state index in [1.807, 2.05) is 12.1 Å². The summed E-state index contributed by atoms with van der Waals surface area (Å²) in [7, 11) is 3.25. The molecule has 1 aliphatic heterocycles. The van der Waals surface area contributed by atoms with Crippen LogP contribution in [0.5, 0.6) is 11.5 Å². The zero-order chi connectivity index (χ0) is 13.7. The van der Waals surface area contributed by atoms with Crippen LogP contribution >= 0.6 is 0 Å². The molecule has 2 rings (SSSR count). The van der Waals surface area contributed by atoms with Crippen molar-refractivity contribution in [2.45, 2.75) is 12.5 Å². The van der Waals surface area contributed by atoms with Crippen molar-refractivity contribution >= 4 is 5.91 Å². The van der Waals surface area contributed by atoms with Crippen LogP contribution in [0, 0.1) is 0 Å². The van der Waals surface area contributed by atoms with E-state index in [-0.39, 0.29) is 18.6 Å². The highest BCUT2D eigenvalue weighted by Gasteiger charge is 2.26. The predicted molar refractivity (Wildman–Crippen MR) is 70.5 cm³/mol. The summed E-state index contributed by atoms with van der Waals surface area (Å²) >= 11 is 0. The van der Waals surface area contributed by atoms with Gasteiger partial charge in [-0.1, -0.05) is 12.1 Å². The largest absolute Gasteiger partial charge is 0.493 e. The molecule has 1 heterocycles. The van der Waals surface area contributed by atoms with Crippen molar-refractivity contribution in [3.63, 3.8) is 0 Å². The lowest BCUT2D eigenvalue weighted by Crippen LogP contribution is -2.33. The molecule has 5 nitrogen and oxygen atoms in total. The summed E-state index contributed by atoms with van der Waals surface area (Å²) in [6, 6.07) is 7.29. The Balaban J connectivity index is 1.87. The van der Waals surface area contributed by atoms with Gasteiger partial charge in [0.1, 0.15) is 0 Å². The van der Waals surface area contributed by atoms with Gasteiger partial charge in [-0.05, 0) is 18.6 Å². The molecule has 1 aromatic carbocycles. The lowest BCUT2D eigenvalue weighted by molar-refractivity contribution is -0.132. The molecule has 5 heteroatoms. The number of rotatable bonds is 5. The number of nitrogens with zero attached hydrogens (tertiary/aromatic N) is 1. The summed E-state index contributed by atoms with van der Waals surface area (Å²) in [6.07, 6.45) is 1.03. The van der Waals surface area contributed by atoms with Crippen molar-refractivity contribution in [2.24, 2.45) is 0 Å². The first kappa shape index (κ1) is 13.7. The molecular formula is C14H19NO4. The average molecular weight is 265 g/mol. The highest BCUT2D eigenvalue weighted by molar-refractivity contribution is 5.78. The fourth-order valence-corrected chi connectivity index (χ4v) is 2.12.